The molecule has 2 aliphatic heterocycles. The Morgan fingerprint density at radius 2 is 1.15 bits per heavy atom. The van der Waals surface area contributed by atoms with Gasteiger partial charge in [-0.05, 0) is 92.9 Å². The first kappa shape index (κ1) is 28.2. The Bertz CT molecular complexity index is 1950. The molecule has 2 unspecified atom stereocenters. The number of nitrogens with zero attached hydrogens (tertiary/aromatic N) is 3. The van der Waals surface area contributed by atoms with Gasteiger partial charge in [-0.1, -0.05) is 59.7 Å². The highest BCUT2D eigenvalue weighted by Gasteiger charge is 2.41. The Hall–Kier alpha value is -4.06. The lowest BCUT2D eigenvalue weighted by Gasteiger charge is -2.41. The van der Waals surface area contributed by atoms with Crippen LogP contribution in [0.1, 0.15) is 70.8 Å². The fraction of sp³-hybridized carbons (Fsp3) is 0.366. The normalized spacial score (nSPS) is 24.8. The van der Waals surface area contributed by atoms with E-state index in [0.717, 1.165) is 25.9 Å². The molecular weight excluding hydrogens is 562 g/mol. The van der Waals surface area contributed by atoms with Crippen LogP contribution in [0.15, 0.2) is 84.0 Å². The zero-order valence-electron chi connectivity index (χ0n) is 28.0. The van der Waals surface area contributed by atoms with Gasteiger partial charge in [0.05, 0.1) is 5.92 Å². The Labute approximate surface area is 272 Å². The number of nitrogens with one attached hydrogen (secondary N) is 2. The van der Waals surface area contributed by atoms with Crippen LogP contribution in [0.2, 0.25) is 0 Å². The summed E-state index contributed by atoms with van der Waals surface area (Å²) in [6.45, 7) is 6.67. The molecule has 2 N–H and O–H groups in total. The van der Waals surface area contributed by atoms with Crippen LogP contribution >= 0.6 is 0 Å². The average Bonchev–Trinajstić information content (AvgIpc) is 3.59. The third-order valence-electron chi connectivity index (χ3n) is 11.7. The molecular formula is C41H45N5. The highest BCUT2D eigenvalue weighted by atomic mass is 15.1. The van der Waals surface area contributed by atoms with E-state index < -0.39 is 0 Å². The number of H-pyrrole nitrogens is 2. The van der Waals surface area contributed by atoms with E-state index in [0.29, 0.717) is 23.9 Å². The minimum Gasteiger partial charge on any atom is -0.378 e. The van der Waals surface area contributed by atoms with Gasteiger partial charge >= 0.3 is 0 Å². The molecule has 0 amide bonds. The molecule has 0 fully saturated rings. The molecule has 4 heterocycles. The Kier molecular flexibility index (Phi) is 6.26. The lowest BCUT2D eigenvalue weighted by Crippen LogP contribution is -2.44. The van der Waals surface area contributed by atoms with E-state index in [4.69, 9.17) is 0 Å². The zero-order chi connectivity index (χ0) is 31.4. The molecule has 5 nitrogen and oxygen atoms in total. The molecule has 5 heteroatoms. The van der Waals surface area contributed by atoms with E-state index in [-0.39, 0.29) is 5.92 Å². The molecule has 234 valence electrons. The number of aromatic nitrogens is 2. The summed E-state index contributed by atoms with van der Waals surface area (Å²) < 4.78 is 0. The van der Waals surface area contributed by atoms with E-state index in [9.17, 15) is 0 Å². The first-order valence-corrected chi connectivity index (χ1v) is 17.1. The van der Waals surface area contributed by atoms with Gasteiger partial charge in [0.15, 0.2) is 0 Å². The maximum atomic E-state index is 4.08. The van der Waals surface area contributed by atoms with E-state index in [1.165, 1.54) is 77.8 Å². The van der Waals surface area contributed by atoms with Crippen molar-refractivity contribution in [2.75, 3.05) is 46.2 Å². The van der Waals surface area contributed by atoms with Crippen LogP contribution in [-0.4, -0.2) is 73.1 Å². The lowest BCUT2D eigenvalue weighted by atomic mass is 9.73. The number of aromatic amines is 2. The first-order valence-electron chi connectivity index (χ1n) is 17.1. The Morgan fingerprint density at radius 3 is 1.61 bits per heavy atom. The minimum atomic E-state index is 0.0761. The lowest BCUT2D eigenvalue weighted by molar-refractivity contribution is 0.224. The van der Waals surface area contributed by atoms with Crippen LogP contribution in [0.25, 0.3) is 21.8 Å². The number of likely N-dealkylation sites (N-methyl/N-ethyl adjacent to an activating group) is 2. The fourth-order valence-electron chi connectivity index (χ4n) is 9.74. The van der Waals surface area contributed by atoms with Crippen LogP contribution in [-0.2, 0) is 12.8 Å². The van der Waals surface area contributed by atoms with Gasteiger partial charge < -0.3 is 14.9 Å². The number of benzene rings is 3. The molecule has 0 radical (unpaired) electrons. The summed E-state index contributed by atoms with van der Waals surface area (Å²) in [5, 5.41) is 2.90. The van der Waals surface area contributed by atoms with Crippen molar-refractivity contribution in [3.63, 3.8) is 0 Å². The summed E-state index contributed by atoms with van der Waals surface area (Å²) in [5.74, 6) is 0.944. The molecule has 3 aromatic carbocycles. The molecule has 4 aliphatic rings. The number of rotatable bonds is 4. The van der Waals surface area contributed by atoms with Gasteiger partial charge in [-0.2, -0.15) is 0 Å². The number of hydrogen-bond acceptors (Lipinski definition) is 3. The second kappa shape index (κ2) is 10.2. The summed E-state index contributed by atoms with van der Waals surface area (Å²) in [7, 11) is 8.89. The Morgan fingerprint density at radius 1 is 0.674 bits per heavy atom. The van der Waals surface area contributed by atoms with Crippen LogP contribution in [0.3, 0.4) is 0 Å². The molecule has 0 bridgehead atoms. The van der Waals surface area contributed by atoms with Gasteiger partial charge in [-0.3, -0.25) is 9.80 Å². The molecule has 5 aromatic rings. The fourth-order valence-corrected chi connectivity index (χ4v) is 9.74. The standard InChI is InChI=1S/C41H45N5/c1-23-17-29-27-9-7-11-33-38(27)31(19-35(29)45(5)21-23)40(42-33)37(25-13-15-26(16-14-25)44(3)4)41-32-20-36-30(18-24(2)22-46(36)6)28-10-8-12-34(43-41)39(28)32/h7-18,29-30,35-37,42-43H,19-22H2,1-6H3/t29-,30-,35?,36?,37?/m1/s1. The monoisotopic (exact) mass is 607 g/mol. The molecule has 4 atom stereocenters. The highest BCUT2D eigenvalue weighted by molar-refractivity contribution is 5.93. The van der Waals surface area contributed by atoms with Gasteiger partial charge in [0.2, 0.25) is 0 Å². The topological polar surface area (TPSA) is 41.3 Å². The van der Waals surface area contributed by atoms with Crippen LogP contribution in [0.5, 0.6) is 0 Å². The van der Waals surface area contributed by atoms with Gasteiger partial charge in [0.25, 0.3) is 0 Å². The summed E-state index contributed by atoms with van der Waals surface area (Å²) in [5.41, 5.74) is 16.7. The molecule has 9 rings (SSSR count). The van der Waals surface area contributed by atoms with Crippen LogP contribution in [0.4, 0.5) is 5.69 Å². The SMILES string of the molecule is CC1=C[C@@H]2c3cccc4[nH]c(C(c5ccc(N(C)C)cc5)c5[nH]c6cccc7c6c5CC5[C@@H]7C=C(C)CN5C)c(c34)CC2N(C)C1. The molecule has 2 aromatic heterocycles. The molecule has 0 saturated heterocycles. The van der Waals surface area contributed by atoms with Crippen molar-refractivity contribution in [1.29, 1.82) is 0 Å². The second-order valence-electron chi connectivity index (χ2n) is 14.9. The number of hydrogen-bond donors (Lipinski definition) is 2. The van der Waals surface area contributed by atoms with E-state index in [1.54, 1.807) is 0 Å². The van der Waals surface area contributed by atoms with E-state index in [2.05, 4.69) is 140 Å². The van der Waals surface area contributed by atoms with Crippen molar-refractivity contribution in [3.8, 4) is 0 Å². The van der Waals surface area contributed by atoms with E-state index in [1.807, 2.05) is 0 Å². The molecule has 0 spiro atoms. The summed E-state index contributed by atoms with van der Waals surface area (Å²) in [6, 6.07) is 24.1. The summed E-state index contributed by atoms with van der Waals surface area (Å²) in [6.07, 6.45) is 7.20. The Balaban J connectivity index is 1.30. The van der Waals surface area contributed by atoms with Crippen molar-refractivity contribution >= 4 is 27.5 Å². The quantitative estimate of drug-likeness (QED) is 0.206. The van der Waals surface area contributed by atoms with Crippen molar-refractivity contribution in [1.82, 2.24) is 19.8 Å². The summed E-state index contributed by atoms with van der Waals surface area (Å²) >= 11 is 0. The van der Waals surface area contributed by atoms with Gasteiger partial charge in [0.1, 0.15) is 0 Å². The van der Waals surface area contributed by atoms with Crippen LogP contribution < -0.4 is 4.90 Å². The first-order chi connectivity index (χ1) is 22.3. The van der Waals surface area contributed by atoms with Crippen molar-refractivity contribution in [2.24, 2.45) is 0 Å². The van der Waals surface area contributed by atoms with Crippen molar-refractivity contribution < 1.29 is 0 Å². The third-order valence-corrected chi connectivity index (χ3v) is 11.7. The van der Waals surface area contributed by atoms with E-state index >= 15 is 0 Å². The number of anilines is 1. The minimum absolute atomic E-state index is 0.0761. The maximum Gasteiger partial charge on any atom is 0.0647 e. The second-order valence-corrected chi connectivity index (χ2v) is 14.9. The van der Waals surface area contributed by atoms with Gasteiger partial charge in [-0.15, -0.1) is 0 Å². The smallest absolute Gasteiger partial charge is 0.0647 e. The zero-order valence-corrected chi connectivity index (χ0v) is 28.0. The van der Waals surface area contributed by atoms with Gasteiger partial charge in [0, 0.05) is 90.0 Å². The molecule has 2 aliphatic carbocycles. The van der Waals surface area contributed by atoms with Crippen LogP contribution in [0, 0.1) is 0 Å². The van der Waals surface area contributed by atoms with Crippen molar-refractivity contribution in [3.05, 3.63) is 123 Å². The third kappa shape index (κ3) is 4.07. The number of fused-ring (bicyclic) bond motifs is 4. The maximum absolute atomic E-state index is 4.08. The predicted molar refractivity (Wildman–Crippen MR) is 192 cm³/mol. The predicted octanol–water partition coefficient (Wildman–Crippen LogP) is 7.70. The average molecular weight is 608 g/mol. The molecule has 46 heavy (non-hydrogen) atoms. The van der Waals surface area contributed by atoms with Crippen molar-refractivity contribution in [2.45, 2.75) is 56.5 Å². The summed E-state index contributed by atoms with van der Waals surface area (Å²) in [4.78, 5) is 15.5. The molecule has 0 saturated carbocycles. The largest absolute Gasteiger partial charge is 0.378 e. The van der Waals surface area contributed by atoms with Gasteiger partial charge in [-0.25, -0.2) is 0 Å². The highest BCUT2D eigenvalue weighted by Crippen LogP contribution is 2.50.